The van der Waals surface area contributed by atoms with Crippen molar-refractivity contribution in [2.75, 3.05) is 12.8 Å². The Bertz CT molecular complexity index is 563. The van der Waals surface area contributed by atoms with E-state index in [0.717, 1.165) is 0 Å². The minimum atomic E-state index is -1.14. The number of ether oxygens (including phenoxy) is 1. The van der Waals surface area contributed by atoms with E-state index >= 15 is 0 Å². The van der Waals surface area contributed by atoms with Crippen molar-refractivity contribution in [2.24, 2.45) is 0 Å². The molecule has 0 aliphatic heterocycles. The number of carbonyl (C=O) groups is 1. The summed E-state index contributed by atoms with van der Waals surface area (Å²) in [7, 11) is 1.55. The summed E-state index contributed by atoms with van der Waals surface area (Å²) in [6, 6.07) is 7.08. The average molecular weight is 233 g/mol. The second kappa shape index (κ2) is 4.17. The van der Waals surface area contributed by atoms with E-state index in [4.69, 9.17) is 15.6 Å². The molecule has 6 nitrogen and oxygen atoms in total. The normalized spacial score (nSPS) is 10.2. The number of H-pyrrole nitrogens is 1. The lowest BCUT2D eigenvalue weighted by Gasteiger charge is -2.02. The number of hydrogen-bond acceptors (Lipinski definition) is 4. The van der Waals surface area contributed by atoms with E-state index in [1.54, 1.807) is 31.4 Å². The van der Waals surface area contributed by atoms with Crippen molar-refractivity contribution >= 4 is 11.7 Å². The maximum Gasteiger partial charge on any atom is 0.356 e. The summed E-state index contributed by atoms with van der Waals surface area (Å²) in [6.07, 6.45) is 0. The standard InChI is InChI=1S/C11H11N3O3/c1-17-7-4-2-3-6(5-7)9-8(12)10(11(15)16)14-13-9/h2-5H,12H2,1H3,(H,13,14)(H,15,16). The van der Waals surface area contributed by atoms with E-state index in [1.807, 2.05) is 0 Å². The largest absolute Gasteiger partial charge is 0.497 e. The molecule has 1 heterocycles. The van der Waals surface area contributed by atoms with Gasteiger partial charge >= 0.3 is 5.97 Å². The van der Waals surface area contributed by atoms with Crippen molar-refractivity contribution < 1.29 is 14.6 Å². The maximum absolute atomic E-state index is 10.8. The minimum absolute atomic E-state index is 0.109. The van der Waals surface area contributed by atoms with Gasteiger partial charge in [0.1, 0.15) is 11.4 Å². The molecule has 0 bridgehead atoms. The molecule has 0 fully saturated rings. The Morgan fingerprint density at radius 1 is 1.53 bits per heavy atom. The van der Waals surface area contributed by atoms with E-state index in [2.05, 4.69) is 10.2 Å². The molecule has 1 aromatic heterocycles. The molecule has 1 aromatic carbocycles. The van der Waals surface area contributed by atoms with Crippen LogP contribution in [0, 0.1) is 0 Å². The zero-order valence-electron chi connectivity index (χ0n) is 9.10. The highest BCUT2D eigenvalue weighted by atomic mass is 16.5. The number of anilines is 1. The molecule has 4 N–H and O–H groups in total. The Labute approximate surface area is 97.0 Å². The van der Waals surface area contributed by atoms with Gasteiger partial charge in [-0.1, -0.05) is 12.1 Å². The number of rotatable bonds is 3. The van der Waals surface area contributed by atoms with Crippen LogP contribution in [0.1, 0.15) is 10.5 Å². The van der Waals surface area contributed by atoms with Crippen molar-refractivity contribution in [3.05, 3.63) is 30.0 Å². The van der Waals surface area contributed by atoms with Gasteiger partial charge in [0.05, 0.1) is 12.8 Å². The zero-order valence-corrected chi connectivity index (χ0v) is 9.10. The number of nitrogens with one attached hydrogen (secondary N) is 1. The van der Waals surface area contributed by atoms with E-state index in [-0.39, 0.29) is 11.4 Å². The SMILES string of the molecule is COc1cccc(-c2n[nH]c(C(=O)O)c2N)c1. The molecule has 0 saturated carbocycles. The van der Waals surface area contributed by atoms with E-state index in [1.165, 1.54) is 0 Å². The highest BCUT2D eigenvalue weighted by molar-refractivity contribution is 5.95. The first-order valence-corrected chi connectivity index (χ1v) is 4.85. The Morgan fingerprint density at radius 2 is 2.29 bits per heavy atom. The molecule has 0 saturated heterocycles. The van der Waals surface area contributed by atoms with Gasteiger partial charge in [-0.3, -0.25) is 5.10 Å². The van der Waals surface area contributed by atoms with E-state index < -0.39 is 5.97 Å². The van der Waals surface area contributed by atoms with Gasteiger partial charge in [-0.2, -0.15) is 5.10 Å². The lowest BCUT2D eigenvalue weighted by Crippen LogP contribution is -2.01. The Morgan fingerprint density at radius 3 is 2.88 bits per heavy atom. The fraction of sp³-hybridized carbons (Fsp3) is 0.0909. The number of methoxy groups -OCH3 is 1. The molecule has 2 rings (SSSR count). The van der Waals surface area contributed by atoms with Gasteiger partial charge in [0.2, 0.25) is 0 Å². The lowest BCUT2D eigenvalue weighted by molar-refractivity contribution is 0.0691. The number of nitrogens with zero attached hydrogens (tertiary/aromatic N) is 1. The van der Waals surface area contributed by atoms with Crippen molar-refractivity contribution in [3.8, 4) is 17.0 Å². The van der Waals surface area contributed by atoms with Gasteiger partial charge in [0.15, 0.2) is 5.69 Å². The molecule has 0 amide bonds. The van der Waals surface area contributed by atoms with Crippen molar-refractivity contribution in [1.82, 2.24) is 10.2 Å². The summed E-state index contributed by atoms with van der Waals surface area (Å²) < 4.78 is 5.08. The van der Waals surface area contributed by atoms with Crippen LogP contribution in [-0.4, -0.2) is 28.4 Å². The Balaban J connectivity index is 2.49. The molecule has 2 aromatic rings. The van der Waals surface area contributed by atoms with Crippen LogP contribution in [0.4, 0.5) is 5.69 Å². The second-order valence-electron chi connectivity index (χ2n) is 3.40. The van der Waals surface area contributed by atoms with Gasteiger partial charge in [0, 0.05) is 5.56 Å². The Kier molecular flexibility index (Phi) is 2.70. The highest BCUT2D eigenvalue weighted by Gasteiger charge is 2.17. The first-order valence-electron chi connectivity index (χ1n) is 4.85. The molecule has 0 radical (unpaired) electrons. The summed E-state index contributed by atoms with van der Waals surface area (Å²) in [5.74, 6) is -0.481. The topological polar surface area (TPSA) is 101 Å². The van der Waals surface area contributed by atoms with Gasteiger partial charge < -0.3 is 15.6 Å². The molecule has 17 heavy (non-hydrogen) atoms. The van der Waals surface area contributed by atoms with Gasteiger partial charge in [0.25, 0.3) is 0 Å². The van der Waals surface area contributed by atoms with Gasteiger partial charge in [-0.15, -0.1) is 0 Å². The number of nitrogen functional groups attached to an aromatic ring is 1. The molecule has 0 unspecified atom stereocenters. The summed E-state index contributed by atoms with van der Waals surface area (Å²) in [5.41, 5.74) is 6.82. The van der Waals surface area contributed by atoms with Crippen LogP contribution >= 0.6 is 0 Å². The molecular weight excluding hydrogens is 222 g/mol. The number of carboxylic acids is 1. The molecule has 6 heteroatoms. The third-order valence-electron chi connectivity index (χ3n) is 2.36. The minimum Gasteiger partial charge on any atom is -0.497 e. The quantitative estimate of drug-likeness (QED) is 0.743. The number of carboxylic acid groups (broad SMARTS) is 1. The molecule has 0 atom stereocenters. The predicted molar refractivity (Wildman–Crippen MR) is 61.9 cm³/mol. The second-order valence-corrected chi connectivity index (χ2v) is 3.40. The Hall–Kier alpha value is -2.50. The number of hydrogen-bond donors (Lipinski definition) is 3. The fourth-order valence-electron chi connectivity index (χ4n) is 1.50. The molecule has 0 aliphatic carbocycles. The third-order valence-corrected chi connectivity index (χ3v) is 2.36. The predicted octanol–water partition coefficient (Wildman–Crippen LogP) is 1.37. The summed E-state index contributed by atoms with van der Waals surface area (Å²) in [4.78, 5) is 10.8. The summed E-state index contributed by atoms with van der Waals surface area (Å²) >= 11 is 0. The van der Waals surface area contributed by atoms with Crippen molar-refractivity contribution in [3.63, 3.8) is 0 Å². The van der Waals surface area contributed by atoms with E-state index in [0.29, 0.717) is 17.0 Å². The zero-order chi connectivity index (χ0) is 12.4. The highest BCUT2D eigenvalue weighted by Crippen LogP contribution is 2.28. The van der Waals surface area contributed by atoms with Crippen LogP contribution in [0.2, 0.25) is 0 Å². The first kappa shape index (κ1) is 11.0. The number of aromatic carboxylic acids is 1. The van der Waals surface area contributed by atoms with E-state index in [9.17, 15) is 4.79 Å². The average Bonchev–Trinajstić information content (AvgIpc) is 2.71. The number of aromatic amines is 1. The monoisotopic (exact) mass is 233 g/mol. The smallest absolute Gasteiger partial charge is 0.356 e. The van der Waals surface area contributed by atoms with Crippen LogP contribution in [0.25, 0.3) is 11.3 Å². The van der Waals surface area contributed by atoms with Crippen molar-refractivity contribution in [2.45, 2.75) is 0 Å². The van der Waals surface area contributed by atoms with Crippen LogP contribution < -0.4 is 10.5 Å². The van der Waals surface area contributed by atoms with Crippen molar-refractivity contribution in [1.29, 1.82) is 0 Å². The first-order chi connectivity index (χ1) is 8.13. The third kappa shape index (κ3) is 1.92. The van der Waals surface area contributed by atoms with Gasteiger partial charge in [-0.25, -0.2) is 4.79 Å². The molecular formula is C11H11N3O3. The molecule has 0 aliphatic rings. The van der Waals surface area contributed by atoms with Gasteiger partial charge in [-0.05, 0) is 12.1 Å². The van der Waals surface area contributed by atoms with Crippen LogP contribution in [-0.2, 0) is 0 Å². The fourth-order valence-corrected chi connectivity index (χ4v) is 1.50. The van der Waals surface area contributed by atoms with Crippen LogP contribution in [0.15, 0.2) is 24.3 Å². The van der Waals surface area contributed by atoms with Crippen LogP contribution in [0.5, 0.6) is 5.75 Å². The lowest BCUT2D eigenvalue weighted by atomic mass is 10.1. The molecule has 0 spiro atoms. The van der Waals surface area contributed by atoms with Crippen LogP contribution in [0.3, 0.4) is 0 Å². The number of benzene rings is 1. The summed E-state index contributed by atoms with van der Waals surface area (Å²) in [6.45, 7) is 0. The molecule has 88 valence electrons. The summed E-state index contributed by atoms with van der Waals surface area (Å²) in [5, 5.41) is 15.1. The maximum atomic E-state index is 10.8. The number of nitrogens with two attached hydrogens (primary N) is 1. The number of aromatic nitrogens is 2.